The van der Waals surface area contributed by atoms with Crippen molar-refractivity contribution in [2.24, 2.45) is 0 Å². The van der Waals surface area contributed by atoms with Crippen molar-refractivity contribution in [3.05, 3.63) is 46.6 Å². The summed E-state index contributed by atoms with van der Waals surface area (Å²) in [4.78, 5) is 11.3. The highest BCUT2D eigenvalue weighted by atomic mass is 16.3. The lowest BCUT2D eigenvalue weighted by Crippen LogP contribution is -2.15. The van der Waals surface area contributed by atoms with Gasteiger partial charge in [0.15, 0.2) is 0 Å². The molecule has 0 aliphatic heterocycles. The average molecular weight is 191 g/mol. The van der Waals surface area contributed by atoms with Gasteiger partial charge in [-0.05, 0) is 6.07 Å². The summed E-state index contributed by atoms with van der Waals surface area (Å²) in [5.74, 6) is 0. The van der Waals surface area contributed by atoms with Gasteiger partial charge in [-0.25, -0.2) is 14.5 Å². The number of aliphatic hydroxyl groups is 1. The Morgan fingerprint density at radius 1 is 1.43 bits per heavy atom. The maximum Gasteiger partial charge on any atom is 0.347 e. The van der Waals surface area contributed by atoms with Gasteiger partial charge in [-0.3, -0.25) is 0 Å². The average Bonchev–Trinajstić information content (AvgIpc) is 2.64. The first-order valence-electron chi connectivity index (χ1n) is 4.14. The van der Waals surface area contributed by atoms with Crippen LogP contribution in [0.25, 0.3) is 5.69 Å². The topological polar surface area (TPSA) is 70.9 Å². The highest BCUT2D eigenvalue weighted by Crippen LogP contribution is 2.11. The number of aromatic amines is 1. The van der Waals surface area contributed by atoms with Crippen LogP contribution in [-0.2, 0) is 6.61 Å². The van der Waals surface area contributed by atoms with Gasteiger partial charge < -0.3 is 5.11 Å². The maximum absolute atomic E-state index is 11.3. The molecule has 0 saturated carbocycles. The van der Waals surface area contributed by atoms with E-state index in [1.807, 2.05) is 0 Å². The van der Waals surface area contributed by atoms with E-state index in [0.29, 0.717) is 11.3 Å². The number of hydrogen-bond donors (Lipinski definition) is 2. The molecule has 0 bridgehead atoms. The van der Waals surface area contributed by atoms with Crippen LogP contribution in [0.3, 0.4) is 0 Å². The molecule has 0 fully saturated rings. The molecule has 1 aromatic heterocycles. The van der Waals surface area contributed by atoms with Gasteiger partial charge in [0.2, 0.25) is 0 Å². The predicted octanol–water partition coefficient (Wildman–Crippen LogP) is 0.0529. The molecule has 0 atom stereocenters. The quantitative estimate of drug-likeness (QED) is 0.704. The first-order valence-corrected chi connectivity index (χ1v) is 4.14. The molecular weight excluding hydrogens is 182 g/mol. The van der Waals surface area contributed by atoms with Crippen LogP contribution in [0.4, 0.5) is 0 Å². The van der Waals surface area contributed by atoms with Gasteiger partial charge in [0.1, 0.15) is 6.33 Å². The number of nitrogens with zero attached hydrogens (tertiary/aromatic N) is 2. The molecule has 0 spiro atoms. The Morgan fingerprint density at radius 3 is 2.86 bits per heavy atom. The molecule has 0 unspecified atom stereocenters. The van der Waals surface area contributed by atoms with Gasteiger partial charge in [0.25, 0.3) is 0 Å². The first-order chi connectivity index (χ1) is 6.83. The number of hydrogen-bond acceptors (Lipinski definition) is 3. The van der Waals surface area contributed by atoms with E-state index in [2.05, 4.69) is 10.2 Å². The van der Waals surface area contributed by atoms with E-state index in [1.165, 1.54) is 10.9 Å². The third-order valence-electron chi connectivity index (χ3n) is 1.97. The summed E-state index contributed by atoms with van der Waals surface area (Å²) in [7, 11) is 0. The van der Waals surface area contributed by atoms with Crippen LogP contribution in [0.1, 0.15) is 5.56 Å². The molecule has 2 rings (SSSR count). The first kappa shape index (κ1) is 8.71. The van der Waals surface area contributed by atoms with Crippen molar-refractivity contribution in [2.45, 2.75) is 6.61 Å². The Hall–Kier alpha value is -1.88. The number of H-pyrrole nitrogens is 1. The van der Waals surface area contributed by atoms with Crippen LogP contribution in [0.2, 0.25) is 0 Å². The van der Waals surface area contributed by atoms with Crippen molar-refractivity contribution in [1.82, 2.24) is 14.8 Å². The number of aliphatic hydroxyl groups excluding tert-OH is 1. The molecule has 1 heterocycles. The molecule has 2 N–H and O–H groups in total. The summed E-state index contributed by atoms with van der Waals surface area (Å²) < 4.78 is 1.35. The summed E-state index contributed by atoms with van der Waals surface area (Å²) in [5.41, 5.74) is 1.02. The van der Waals surface area contributed by atoms with Crippen LogP contribution in [0.15, 0.2) is 35.4 Å². The third kappa shape index (κ3) is 1.33. The summed E-state index contributed by atoms with van der Waals surface area (Å²) in [5, 5.41) is 15.0. The zero-order valence-corrected chi connectivity index (χ0v) is 7.34. The zero-order chi connectivity index (χ0) is 9.97. The largest absolute Gasteiger partial charge is 0.392 e. The molecule has 5 nitrogen and oxygen atoms in total. The van der Waals surface area contributed by atoms with Crippen molar-refractivity contribution in [3.63, 3.8) is 0 Å². The Labute approximate surface area is 79.6 Å². The van der Waals surface area contributed by atoms with Crippen molar-refractivity contribution < 1.29 is 5.11 Å². The summed E-state index contributed by atoms with van der Waals surface area (Å²) in [6.07, 6.45) is 1.39. The fraction of sp³-hybridized carbons (Fsp3) is 0.111. The number of para-hydroxylation sites is 1. The van der Waals surface area contributed by atoms with Gasteiger partial charge >= 0.3 is 5.69 Å². The summed E-state index contributed by atoms with van der Waals surface area (Å²) in [6, 6.07) is 7.12. The summed E-state index contributed by atoms with van der Waals surface area (Å²) >= 11 is 0. The van der Waals surface area contributed by atoms with Crippen molar-refractivity contribution in [3.8, 4) is 5.69 Å². The monoisotopic (exact) mass is 191 g/mol. The standard InChI is InChI=1S/C9H9N3O2/c13-5-7-3-1-2-4-8(7)12-6-10-11-9(12)14/h1-4,6,13H,5H2,(H,11,14). The normalized spacial score (nSPS) is 10.4. The van der Waals surface area contributed by atoms with Crippen molar-refractivity contribution >= 4 is 0 Å². The fourth-order valence-electron chi connectivity index (χ4n) is 1.30. The van der Waals surface area contributed by atoms with Gasteiger partial charge in [-0.1, -0.05) is 18.2 Å². The van der Waals surface area contributed by atoms with E-state index >= 15 is 0 Å². The number of nitrogens with one attached hydrogen (secondary N) is 1. The Kier molecular flexibility index (Phi) is 2.16. The second-order valence-corrected chi connectivity index (χ2v) is 2.82. The second kappa shape index (κ2) is 3.47. The molecule has 2 aromatic rings. The van der Waals surface area contributed by atoms with Gasteiger partial charge in [0.05, 0.1) is 12.3 Å². The molecule has 5 heteroatoms. The van der Waals surface area contributed by atoms with Gasteiger partial charge in [-0.15, -0.1) is 0 Å². The lowest BCUT2D eigenvalue weighted by atomic mass is 10.2. The number of rotatable bonds is 2. The number of aromatic nitrogens is 3. The Bertz CT molecular complexity index is 487. The van der Waals surface area contributed by atoms with E-state index in [1.54, 1.807) is 24.3 Å². The molecule has 14 heavy (non-hydrogen) atoms. The highest BCUT2D eigenvalue weighted by Gasteiger charge is 2.04. The van der Waals surface area contributed by atoms with Gasteiger partial charge in [0, 0.05) is 5.56 Å². The molecule has 0 saturated heterocycles. The third-order valence-corrected chi connectivity index (χ3v) is 1.97. The smallest absolute Gasteiger partial charge is 0.347 e. The second-order valence-electron chi connectivity index (χ2n) is 2.82. The molecular formula is C9H9N3O2. The van der Waals surface area contributed by atoms with Gasteiger partial charge in [-0.2, -0.15) is 5.10 Å². The lowest BCUT2D eigenvalue weighted by Gasteiger charge is -2.05. The molecule has 72 valence electrons. The Morgan fingerprint density at radius 2 is 2.21 bits per heavy atom. The van der Waals surface area contributed by atoms with Crippen LogP contribution >= 0.6 is 0 Å². The van der Waals surface area contributed by atoms with Crippen molar-refractivity contribution in [2.75, 3.05) is 0 Å². The minimum atomic E-state index is -0.314. The number of benzene rings is 1. The minimum absolute atomic E-state index is 0.103. The fourth-order valence-corrected chi connectivity index (χ4v) is 1.30. The van der Waals surface area contributed by atoms with E-state index in [0.717, 1.165) is 0 Å². The predicted molar refractivity (Wildman–Crippen MR) is 50.1 cm³/mol. The van der Waals surface area contributed by atoms with E-state index < -0.39 is 0 Å². The highest BCUT2D eigenvalue weighted by molar-refractivity contribution is 5.39. The SMILES string of the molecule is O=c1[nH]ncn1-c1ccccc1CO. The maximum atomic E-state index is 11.3. The van der Waals surface area contributed by atoms with E-state index in [9.17, 15) is 4.79 Å². The van der Waals surface area contributed by atoms with Crippen LogP contribution in [0, 0.1) is 0 Å². The van der Waals surface area contributed by atoms with Crippen LogP contribution in [0.5, 0.6) is 0 Å². The van der Waals surface area contributed by atoms with Crippen LogP contribution in [-0.4, -0.2) is 19.9 Å². The van der Waals surface area contributed by atoms with E-state index in [-0.39, 0.29) is 12.3 Å². The van der Waals surface area contributed by atoms with E-state index in [4.69, 9.17) is 5.11 Å². The summed E-state index contributed by atoms with van der Waals surface area (Å²) in [6.45, 7) is -0.103. The van der Waals surface area contributed by atoms with Crippen molar-refractivity contribution in [1.29, 1.82) is 0 Å². The molecule has 0 radical (unpaired) electrons. The molecule has 1 aromatic carbocycles. The molecule has 0 aliphatic rings. The molecule has 0 aliphatic carbocycles. The zero-order valence-electron chi connectivity index (χ0n) is 7.34. The van der Waals surface area contributed by atoms with Crippen LogP contribution < -0.4 is 5.69 Å². The lowest BCUT2D eigenvalue weighted by molar-refractivity contribution is 0.281. The molecule has 0 amide bonds. The minimum Gasteiger partial charge on any atom is -0.392 e. The Balaban J connectivity index is 2.62.